The first-order chi connectivity index (χ1) is 15.8. The van der Waals surface area contributed by atoms with Gasteiger partial charge < -0.3 is 14.4 Å². The van der Waals surface area contributed by atoms with E-state index in [0.717, 1.165) is 12.3 Å². The number of carbonyl (C=O) groups excluding carboxylic acids is 1. The van der Waals surface area contributed by atoms with E-state index in [2.05, 4.69) is 15.1 Å². The third-order valence-electron chi connectivity index (χ3n) is 5.81. The van der Waals surface area contributed by atoms with Gasteiger partial charge in [0.25, 0.3) is 5.91 Å². The molecule has 2 saturated heterocycles. The van der Waals surface area contributed by atoms with Gasteiger partial charge in [0.2, 0.25) is 0 Å². The van der Waals surface area contributed by atoms with E-state index < -0.39 is 17.7 Å². The Labute approximate surface area is 187 Å². The van der Waals surface area contributed by atoms with E-state index in [4.69, 9.17) is 9.47 Å². The van der Waals surface area contributed by atoms with Gasteiger partial charge in [0.05, 0.1) is 30.8 Å². The van der Waals surface area contributed by atoms with E-state index in [1.54, 1.807) is 35.5 Å². The lowest BCUT2D eigenvalue weighted by molar-refractivity contribution is -0.181. The molecule has 5 heterocycles. The number of rotatable bonds is 3. The van der Waals surface area contributed by atoms with Gasteiger partial charge in [-0.05, 0) is 30.3 Å². The van der Waals surface area contributed by atoms with Crippen LogP contribution < -0.4 is 0 Å². The number of carbonyl (C=O) groups is 1. The molecule has 0 unspecified atom stereocenters. The van der Waals surface area contributed by atoms with Crippen molar-refractivity contribution >= 4 is 5.91 Å². The summed E-state index contributed by atoms with van der Waals surface area (Å²) in [6.45, 7) is 2.01. The van der Waals surface area contributed by atoms with Crippen LogP contribution in [0, 0.1) is 0 Å². The second-order valence-corrected chi connectivity index (χ2v) is 7.86. The molecule has 11 heteroatoms. The van der Waals surface area contributed by atoms with Crippen LogP contribution in [0.25, 0.3) is 16.9 Å². The van der Waals surface area contributed by atoms with E-state index in [1.807, 2.05) is 0 Å². The number of aromatic nitrogens is 4. The fraction of sp³-hybridized carbons (Fsp3) is 0.364. The van der Waals surface area contributed by atoms with Crippen molar-refractivity contribution in [2.75, 3.05) is 26.3 Å². The van der Waals surface area contributed by atoms with Crippen molar-refractivity contribution in [2.45, 2.75) is 24.8 Å². The molecule has 33 heavy (non-hydrogen) atoms. The highest BCUT2D eigenvalue weighted by Gasteiger charge is 2.41. The van der Waals surface area contributed by atoms with Crippen molar-refractivity contribution in [1.82, 2.24) is 24.6 Å². The summed E-state index contributed by atoms with van der Waals surface area (Å²) < 4.78 is 51.6. The fourth-order valence-electron chi connectivity index (χ4n) is 4.09. The van der Waals surface area contributed by atoms with Crippen LogP contribution in [0.4, 0.5) is 13.2 Å². The minimum absolute atomic E-state index is 0.186. The van der Waals surface area contributed by atoms with Crippen molar-refractivity contribution in [2.24, 2.45) is 0 Å². The molecule has 3 aromatic rings. The number of hydrogen-bond donors (Lipinski definition) is 0. The lowest BCUT2D eigenvalue weighted by Gasteiger charge is -2.37. The van der Waals surface area contributed by atoms with Crippen molar-refractivity contribution in [3.63, 3.8) is 0 Å². The molecule has 0 saturated carbocycles. The van der Waals surface area contributed by atoms with Gasteiger partial charge in [0.1, 0.15) is 5.69 Å². The summed E-state index contributed by atoms with van der Waals surface area (Å²) in [5, 5.41) is 4.43. The fourth-order valence-corrected chi connectivity index (χ4v) is 4.09. The highest BCUT2D eigenvalue weighted by Crippen LogP contribution is 2.33. The molecule has 172 valence electrons. The number of amides is 1. The van der Waals surface area contributed by atoms with Crippen LogP contribution in [-0.4, -0.2) is 62.6 Å². The molecule has 3 aromatic heterocycles. The average Bonchev–Trinajstić information content (AvgIpc) is 3.47. The van der Waals surface area contributed by atoms with Crippen molar-refractivity contribution in [3.8, 4) is 16.9 Å². The highest BCUT2D eigenvalue weighted by molar-refractivity contribution is 5.93. The van der Waals surface area contributed by atoms with Crippen LogP contribution in [0.5, 0.6) is 0 Å². The number of halogens is 3. The van der Waals surface area contributed by atoms with E-state index in [0.29, 0.717) is 56.1 Å². The summed E-state index contributed by atoms with van der Waals surface area (Å²) in [5.41, 5.74) is 0.740. The number of nitrogens with zero attached hydrogens (tertiary/aromatic N) is 5. The summed E-state index contributed by atoms with van der Waals surface area (Å²) in [4.78, 5) is 22.4. The molecule has 2 fully saturated rings. The molecular weight excluding hydrogens is 439 g/mol. The normalized spacial score (nSPS) is 18.1. The molecule has 0 aromatic carbocycles. The van der Waals surface area contributed by atoms with Crippen LogP contribution in [0.2, 0.25) is 0 Å². The quantitative estimate of drug-likeness (QED) is 0.598. The third kappa shape index (κ3) is 4.21. The minimum atomic E-state index is -4.55. The van der Waals surface area contributed by atoms with Crippen LogP contribution in [0.3, 0.4) is 0 Å². The molecule has 2 aliphatic rings. The Hall–Kier alpha value is -3.31. The van der Waals surface area contributed by atoms with E-state index in [-0.39, 0.29) is 11.6 Å². The van der Waals surface area contributed by atoms with E-state index in [9.17, 15) is 18.0 Å². The van der Waals surface area contributed by atoms with E-state index in [1.165, 1.54) is 10.7 Å². The second kappa shape index (κ2) is 8.23. The summed E-state index contributed by atoms with van der Waals surface area (Å²) in [6, 6.07) is 7.27. The number of ether oxygens (including phenoxy) is 2. The van der Waals surface area contributed by atoms with Gasteiger partial charge in [-0.15, -0.1) is 0 Å². The van der Waals surface area contributed by atoms with Gasteiger partial charge in [0.15, 0.2) is 11.5 Å². The van der Waals surface area contributed by atoms with Gasteiger partial charge in [0, 0.05) is 43.9 Å². The zero-order chi connectivity index (χ0) is 23.1. The topological polar surface area (TPSA) is 82.4 Å². The number of hydrogen-bond acceptors (Lipinski definition) is 6. The van der Waals surface area contributed by atoms with Crippen molar-refractivity contribution in [1.29, 1.82) is 0 Å². The monoisotopic (exact) mass is 459 g/mol. The largest absolute Gasteiger partial charge is 0.433 e. The standard InChI is InChI=1S/C22H20F3N5O3/c23-22(24,25)19-2-1-16(14-27-19)30-18(15-3-7-26-8-4-15)13-17(28-30)20(31)29-9-5-21(6-10-29)32-11-12-33-21/h1-4,7-8,13-14H,5-6,9-12H2. The highest BCUT2D eigenvalue weighted by atomic mass is 19.4. The zero-order valence-corrected chi connectivity index (χ0v) is 17.5. The lowest BCUT2D eigenvalue weighted by Crippen LogP contribution is -2.47. The molecule has 1 amide bonds. The first kappa shape index (κ1) is 21.5. The molecule has 8 nitrogen and oxygen atoms in total. The van der Waals surface area contributed by atoms with Gasteiger partial charge in [-0.3, -0.25) is 9.78 Å². The molecule has 0 bridgehead atoms. The van der Waals surface area contributed by atoms with Gasteiger partial charge in [-0.1, -0.05) is 0 Å². The smallest absolute Gasteiger partial charge is 0.347 e. The predicted molar refractivity (Wildman–Crippen MR) is 109 cm³/mol. The summed E-state index contributed by atoms with van der Waals surface area (Å²) in [7, 11) is 0. The van der Waals surface area contributed by atoms with Crippen LogP contribution in [0.15, 0.2) is 48.9 Å². The van der Waals surface area contributed by atoms with Crippen LogP contribution in [0.1, 0.15) is 29.0 Å². The molecule has 5 rings (SSSR count). The molecule has 0 radical (unpaired) electrons. The first-order valence-electron chi connectivity index (χ1n) is 10.5. The van der Waals surface area contributed by atoms with Gasteiger partial charge in [-0.25, -0.2) is 9.67 Å². The molecule has 1 spiro atoms. The van der Waals surface area contributed by atoms with E-state index >= 15 is 0 Å². The van der Waals surface area contributed by atoms with Crippen molar-refractivity contribution < 1.29 is 27.4 Å². The summed E-state index contributed by atoms with van der Waals surface area (Å²) in [6.07, 6.45) is 0.860. The van der Waals surface area contributed by atoms with Crippen LogP contribution >= 0.6 is 0 Å². The van der Waals surface area contributed by atoms with Crippen LogP contribution in [-0.2, 0) is 15.7 Å². The van der Waals surface area contributed by atoms with Gasteiger partial charge in [-0.2, -0.15) is 18.3 Å². The Morgan fingerprint density at radius 1 is 1.03 bits per heavy atom. The van der Waals surface area contributed by atoms with Crippen molar-refractivity contribution in [3.05, 3.63) is 60.3 Å². The number of likely N-dealkylation sites (tertiary alicyclic amines) is 1. The molecular formula is C22H20F3N5O3. The average molecular weight is 459 g/mol. The number of pyridine rings is 2. The Kier molecular flexibility index (Phi) is 5.37. The number of piperidine rings is 1. The predicted octanol–water partition coefficient (Wildman–Crippen LogP) is 3.33. The zero-order valence-electron chi connectivity index (χ0n) is 17.5. The lowest BCUT2D eigenvalue weighted by atomic mass is 10.0. The maximum absolute atomic E-state index is 13.2. The summed E-state index contributed by atoms with van der Waals surface area (Å²) in [5.74, 6) is -0.874. The molecule has 0 aliphatic carbocycles. The molecule has 0 N–H and O–H groups in total. The SMILES string of the molecule is O=C(c1cc(-c2ccncc2)n(-c2ccc(C(F)(F)F)nc2)n1)N1CCC2(CC1)OCCO2. The first-order valence-corrected chi connectivity index (χ1v) is 10.5. The second-order valence-electron chi connectivity index (χ2n) is 7.86. The van der Waals surface area contributed by atoms with Gasteiger partial charge >= 0.3 is 6.18 Å². The Balaban J connectivity index is 1.45. The third-order valence-corrected chi connectivity index (χ3v) is 5.81. The molecule has 0 atom stereocenters. The minimum Gasteiger partial charge on any atom is -0.347 e. The Bertz CT molecular complexity index is 1130. The summed E-state index contributed by atoms with van der Waals surface area (Å²) >= 11 is 0. The number of alkyl halides is 3. The maximum atomic E-state index is 13.2. The Morgan fingerprint density at radius 2 is 1.73 bits per heavy atom. The molecule has 2 aliphatic heterocycles. The Morgan fingerprint density at radius 3 is 2.33 bits per heavy atom. The maximum Gasteiger partial charge on any atom is 0.433 e.